The third kappa shape index (κ3) is 2.70. The van der Waals surface area contributed by atoms with Crippen molar-refractivity contribution in [1.29, 1.82) is 0 Å². The largest absolute Gasteiger partial charge is 0.494 e. The minimum Gasteiger partial charge on any atom is -0.494 e. The van der Waals surface area contributed by atoms with E-state index in [1.807, 2.05) is 54.0 Å². The highest BCUT2D eigenvalue weighted by molar-refractivity contribution is 5.65. The topological polar surface area (TPSA) is 52.5 Å². The Kier molecular flexibility index (Phi) is 3.52. The van der Waals surface area contributed by atoms with E-state index in [4.69, 9.17) is 10.5 Å². The molecule has 3 rings (SSSR count). The van der Waals surface area contributed by atoms with Crippen LogP contribution in [0.4, 0.5) is 5.69 Å². The van der Waals surface area contributed by atoms with Gasteiger partial charge in [0.1, 0.15) is 11.4 Å². The van der Waals surface area contributed by atoms with Crippen molar-refractivity contribution in [2.24, 2.45) is 0 Å². The lowest BCUT2D eigenvalue weighted by atomic mass is 10.2. The maximum atomic E-state index is 5.94. The number of fused-ring (bicyclic) bond motifs is 1. The smallest absolute Gasteiger partial charge is 0.137 e. The van der Waals surface area contributed by atoms with Crippen LogP contribution in [-0.2, 0) is 0 Å². The number of ether oxygens (including phenoxy) is 1. The second-order valence-corrected chi connectivity index (χ2v) is 5.18. The van der Waals surface area contributed by atoms with Crippen LogP contribution in [0.15, 0.2) is 42.7 Å². The zero-order valence-electron chi connectivity index (χ0n) is 12.3. The molecule has 108 valence electrons. The van der Waals surface area contributed by atoms with Gasteiger partial charge in [-0.1, -0.05) is 6.92 Å². The Morgan fingerprint density at radius 1 is 1.19 bits per heavy atom. The van der Waals surface area contributed by atoms with Crippen LogP contribution in [0.5, 0.6) is 5.75 Å². The molecule has 1 aromatic carbocycles. The third-order valence-corrected chi connectivity index (χ3v) is 3.46. The minimum absolute atomic E-state index is 0.742. The molecule has 21 heavy (non-hydrogen) atoms. The van der Waals surface area contributed by atoms with Crippen LogP contribution in [0, 0.1) is 6.92 Å². The lowest BCUT2D eigenvalue weighted by Crippen LogP contribution is -1.94. The number of aryl methyl sites for hydroxylation is 1. The standard InChI is InChI=1S/C17H19N3O/c1-3-8-21-14-6-4-13(5-7-14)16-11-20-10-15(18)12(2)9-17(20)19-16/h4-7,9-11H,3,8,18H2,1-2H3. The molecule has 0 atom stereocenters. The van der Waals surface area contributed by atoms with Crippen LogP contribution in [-0.4, -0.2) is 16.0 Å². The minimum atomic E-state index is 0.742. The molecule has 0 bridgehead atoms. The lowest BCUT2D eigenvalue weighted by Gasteiger charge is -2.04. The molecule has 0 aliphatic carbocycles. The van der Waals surface area contributed by atoms with Gasteiger partial charge in [0.2, 0.25) is 0 Å². The summed E-state index contributed by atoms with van der Waals surface area (Å²) >= 11 is 0. The van der Waals surface area contributed by atoms with E-state index in [1.165, 1.54) is 0 Å². The molecule has 4 heteroatoms. The highest BCUT2D eigenvalue weighted by Gasteiger charge is 2.06. The molecule has 0 aliphatic rings. The molecule has 2 heterocycles. The van der Waals surface area contributed by atoms with Crippen molar-refractivity contribution >= 4 is 11.3 Å². The van der Waals surface area contributed by atoms with E-state index in [9.17, 15) is 0 Å². The van der Waals surface area contributed by atoms with Gasteiger partial charge in [0, 0.05) is 18.0 Å². The molecule has 0 amide bonds. The summed E-state index contributed by atoms with van der Waals surface area (Å²) < 4.78 is 7.55. The number of nitrogens with two attached hydrogens (primary N) is 1. The number of rotatable bonds is 4. The molecule has 0 aliphatic heterocycles. The molecule has 0 radical (unpaired) electrons. The Balaban J connectivity index is 1.92. The van der Waals surface area contributed by atoms with Crippen LogP contribution < -0.4 is 10.5 Å². The number of hydrogen-bond donors (Lipinski definition) is 1. The first-order chi connectivity index (χ1) is 10.2. The van der Waals surface area contributed by atoms with Crippen molar-refractivity contribution < 1.29 is 4.74 Å². The molecule has 0 unspecified atom stereocenters. The summed E-state index contributed by atoms with van der Waals surface area (Å²) in [5.41, 5.74) is 10.7. The van der Waals surface area contributed by atoms with Gasteiger partial charge in [0.25, 0.3) is 0 Å². The van der Waals surface area contributed by atoms with Crippen LogP contribution in [0.2, 0.25) is 0 Å². The molecule has 3 aromatic rings. The highest BCUT2D eigenvalue weighted by Crippen LogP contribution is 2.23. The molecule has 4 nitrogen and oxygen atoms in total. The summed E-state index contributed by atoms with van der Waals surface area (Å²) in [7, 11) is 0. The van der Waals surface area contributed by atoms with E-state index < -0.39 is 0 Å². The van der Waals surface area contributed by atoms with Crippen molar-refractivity contribution in [3.8, 4) is 17.0 Å². The summed E-state index contributed by atoms with van der Waals surface area (Å²) in [5, 5.41) is 0. The monoisotopic (exact) mass is 281 g/mol. The number of nitrogens with zero attached hydrogens (tertiary/aromatic N) is 2. The van der Waals surface area contributed by atoms with Gasteiger partial charge in [-0.3, -0.25) is 0 Å². The van der Waals surface area contributed by atoms with Crippen molar-refractivity contribution in [3.05, 3.63) is 48.3 Å². The number of nitrogen functional groups attached to an aromatic ring is 1. The number of pyridine rings is 1. The second kappa shape index (κ2) is 5.48. The van der Waals surface area contributed by atoms with E-state index >= 15 is 0 Å². The van der Waals surface area contributed by atoms with Gasteiger partial charge < -0.3 is 14.9 Å². The van der Waals surface area contributed by atoms with Crippen molar-refractivity contribution in [2.45, 2.75) is 20.3 Å². The van der Waals surface area contributed by atoms with Gasteiger partial charge in [-0.25, -0.2) is 4.98 Å². The summed E-state index contributed by atoms with van der Waals surface area (Å²) in [5.74, 6) is 0.893. The first-order valence-corrected chi connectivity index (χ1v) is 7.15. The van der Waals surface area contributed by atoms with Crippen LogP contribution >= 0.6 is 0 Å². The summed E-state index contributed by atoms with van der Waals surface area (Å²) in [4.78, 5) is 4.64. The Bertz CT molecular complexity index is 721. The number of hydrogen-bond acceptors (Lipinski definition) is 3. The predicted octanol–water partition coefficient (Wildman–Crippen LogP) is 3.68. The van der Waals surface area contributed by atoms with Crippen molar-refractivity contribution in [3.63, 3.8) is 0 Å². The van der Waals surface area contributed by atoms with E-state index in [0.29, 0.717) is 0 Å². The summed E-state index contributed by atoms with van der Waals surface area (Å²) in [6, 6.07) is 10.0. The number of anilines is 1. The van der Waals surface area contributed by atoms with Gasteiger partial charge in [-0.05, 0) is 49.2 Å². The van der Waals surface area contributed by atoms with Crippen molar-refractivity contribution in [1.82, 2.24) is 9.38 Å². The maximum Gasteiger partial charge on any atom is 0.137 e. The molecular formula is C17H19N3O. The number of benzene rings is 1. The first-order valence-electron chi connectivity index (χ1n) is 7.15. The molecule has 2 N–H and O–H groups in total. The Hall–Kier alpha value is -2.49. The Labute approximate surface area is 124 Å². The van der Waals surface area contributed by atoms with Crippen LogP contribution in [0.1, 0.15) is 18.9 Å². The SMILES string of the molecule is CCCOc1ccc(-c2cn3cc(N)c(C)cc3n2)cc1. The molecule has 2 aromatic heterocycles. The summed E-state index contributed by atoms with van der Waals surface area (Å²) in [6.07, 6.45) is 4.90. The summed E-state index contributed by atoms with van der Waals surface area (Å²) in [6.45, 7) is 4.83. The fraction of sp³-hybridized carbons (Fsp3) is 0.235. The zero-order valence-corrected chi connectivity index (χ0v) is 12.3. The first kappa shape index (κ1) is 13.5. The fourth-order valence-corrected chi connectivity index (χ4v) is 2.23. The average molecular weight is 281 g/mol. The Morgan fingerprint density at radius 2 is 1.95 bits per heavy atom. The molecule has 0 fully saturated rings. The third-order valence-electron chi connectivity index (χ3n) is 3.46. The van der Waals surface area contributed by atoms with Crippen molar-refractivity contribution in [2.75, 3.05) is 12.3 Å². The van der Waals surface area contributed by atoms with E-state index in [0.717, 1.165) is 46.9 Å². The number of imidazole rings is 1. The van der Waals surface area contributed by atoms with Gasteiger partial charge in [0.05, 0.1) is 18.0 Å². The molecule has 0 saturated carbocycles. The van der Waals surface area contributed by atoms with E-state index in [1.54, 1.807) is 0 Å². The van der Waals surface area contributed by atoms with E-state index in [2.05, 4.69) is 11.9 Å². The van der Waals surface area contributed by atoms with Gasteiger partial charge in [-0.15, -0.1) is 0 Å². The average Bonchev–Trinajstić information content (AvgIpc) is 2.89. The Morgan fingerprint density at radius 3 is 2.67 bits per heavy atom. The lowest BCUT2D eigenvalue weighted by molar-refractivity contribution is 0.317. The van der Waals surface area contributed by atoms with Gasteiger partial charge in [0.15, 0.2) is 0 Å². The predicted molar refractivity (Wildman–Crippen MR) is 85.6 cm³/mol. The fourth-order valence-electron chi connectivity index (χ4n) is 2.23. The second-order valence-electron chi connectivity index (χ2n) is 5.18. The van der Waals surface area contributed by atoms with Crippen LogP contribution in [0.3, 0.4) is 0 Å². The normalized spacial score (nSPS) is 11.0. The zero-order chi connectivity index (χ0) is 14.8. The highest BCUT2D eigenvalue weighted by atomic mass is 16.5. The number of aromatic nitrogens is 2. The molecular weight excluding hydrogens is 262 g/mol. The maximum absolute atomic E-state index is 5.94. The van der Waals surface area contributed by atoms with Crippen LogP contribution in [0.25, 0.3) is 16.9 Å². The van der Waals surface area contributed by atoms with Gasteiger partial charge >= 0.3 is 0 Å². The quantitative estimate of drug-likeness (QED) is 0.793. The van der Waals surface area contributed by atoms with Gasteiger partial charge in [-0.2, -0.15) is 0 Å². The molecule has 0 saturated heterocycles. The molecule has 0 spiro atoms. The van der Waals surface area contributed by atoms with E-state index in [-0.39, 0.29) is 0 Å².